The summed E-state index contributed by atoms with van der Waals surface area (Å²) in [5.41, 5.74) is 1.62. The molecule has 9 heteroatoms. The van der Waals surface area contributed by atoms with Crippen molar-refractivity contribution in [3.05, 3.63) is 59.5 Å². The van der Waals surface area contributed by atoms with E-state index >= 15 is 0 Å². The zero-order chi connectivity index (χ0) is 20.2. The normalized spacial score (nSPS) is 16.7. The van der Waals surface area contributed by atoms with Gasteiger partial charge in [0.2, 0.25) is 0 Å². The van der Waals surface area contributed by atoms with Crippen molar-refractivity contribution < 1.29 is 23.0 Å². The van der Waals surface area contributed by atoms with Gasteiger partial charge in [0.15, 0.2) is 11.5 Å². The van der Waals surface area contributed by atoms with E-state index in [1.165, 1.54) is 18.3 Å². The van der Waals surface area contributed by atoms with E-state index in [4.69, 9.17) is 11.6 Å². The van der Waals surface area contributed by atoms with Gasteiger partial charge >= 0.3 is 6.29 Å². The fourth-order valence-corrected chi connectivity index (χ4v) is 3.52. The zero-order valence-electron chi connectivity index (χ0n) is 14.9. The van der Waals surface area contributed by atoms with Gasteiger partial charge in [-0.2, -0.15) is 0 Å². The third-order valence-electron chi connectivity index (χ3n) is 4.76. The molecule has 3 aromatic rings. The molecule has 29 heavy (non-hydrogen) atoms. The molecule has 0 unspecified atom stereocenters. The fourth-order valence-electron chi connectivity index (χ4n) is 3.26. The summed E-state index contributed by atoms with van der Waals surface area (Å²) in [5, 5.41) is 2.98. The Hall–Kier alpha value is -3.13. The van der Waals surface area contributed by atoms with Gasteiger partial charge in [0, 0.05) is 35.6 Å². The molecule has 0 atom stereocenters. The molecular formula is C20H14ClF2N3O3. The summed E-state index contributed by atoms with van der Waals surface area (Å²) in [6.45, 7) is 0. The van der Waals surface area contributed by atoms with E-state index in [9.17, 15) is 13.6 Å². The number of pyridine rings is 1. The highest BCUT2D eigenvalue weighted by molar-refractivity contribution is 6.33. The first-order chi connectivity index (χ1) is 13.9. The number of hydrogen-bond donors (Lipinski definition) is 1. The molecule has 6 nitrogen and oxygen atoms in total. The number of nitrogens with one attached hydrogen (secondary N) is 1. The lowest BCUT2D eigenvalue weighted by atomic mass is 10.1. The molecule has 2 aromatic heterocycles. The van der Waals surface area contributed by atoms with Crippen molar-refractivity contribution in [2.45, 2.75) is 25.2 Å². The van der Waals surface area contributed by atoms with Gasteiger partial charge in [-0.1, -0.05) is 11.6 Å². The molecule has 1 N–H and O–H groups in total. The van der Waals surface area contributed by atoms with E-state index < -0.39 is 6.29 Å². The third-order valence-corrected chi connectivity index (χ3v) is 5.07. The molecule has 1 fully saturated rings. The van der Waals surface area contributed by atoms with Crippen molar-refractivity contribution in [2.24, 2.45) is 0 Å². The topological polar surface area (TPSA) is 65.4 Å². The average Bonchev–Trinajstić information content (AvgIpc) is 3.31. The number of rotatable bonds is 4. The maximum Gasteiger partial charge on any atom is 0.586 e. The second-order valence-electron chi connectivity index (χ2n) is 6.86. The van der Waals surface area contributed by atoms with Crippen LogP contribution in [0.5, 0.6) is 11.5 Å². The molecule has 0 bridgehead atoms. The van der Waals surface area contributed by atoms with Crippen molar-refractivity contribution in [1.29, 1.82) is 0 Å². The Kier molecular flexibility index (Phi) is 3.99. The van der Waals surface area contributed by atoms with Crippen LogP contribution in [0.1, 0.15) is 29.4 Å². The predicted octanol–water partition coefficient (Wildman–Crippen LogP) is 5.11. The number of halogens is 3. The molecule has 2 aliphatic rings. The number of hydrogen-bond acceptors (Lipinski definition) is 4. The van der Waals surface area contributed by atoms with Gasteiger partial charge in [-0.05, 0) is 43.2 Å². The van der Waals surface area contributed by atoms with Crippen LogP contribution in [0.4, 0.5) is 14.6 Å². The van der Waals surface area contributed by atoms with Crippen molar-refractivity contribution in [2.75, 3.05) is 5.32 Å². The molecule has 5 rings (SSSR count). The summed E-state index contributed by atoms with van der Waals surface area (Å²) in [4.78, 5) is 16.8. The number of carbonyl (C=O) groups excluding carboxylic acids is 1. The van der Waals surface area contributed by atoms with E-state index in [1.54, 1.807) is 18.2 Å². The molecule has 1 aliphatic heterocycles. The summed E-state index contributed by atoms with van der Waals surface area (Å²) < 4.78 is 37.3. The van der Waals surface area contributed by atoms with Crippen LogP contribution in [0, 0.1) is 0 Å². The highest BCUT2D eigenvalue weighted by atomic mass is 35.5. The van der Waals surface area contributed by atoms with Gasteiger partial charge in [-0.25, -0.2) is 4.98 Å². The SMILES string of the molecule is O=C(Nc1ccc(-c2cc3c(cc2Cl)OC(F)(F)O3)cn1)c1cccn1C1CC1. The smallest absolute Gasteiger partial charge is 0.395 e. The number of carbonyl (C=O) groups is 1. The zero-order valence-corrected chi connectivity index (χ0v) is 15.6. The first kappa shape index (κ1) is 17.9. The minimum absolute atomic E-state index is 0.104. The number of anilines is 1. The monoisotopic (exact) mass is 417 g/mol. The summed E-state index contributed by atoms with van der Waals surface area (Å²) in [5.74, 6) is -0.108. The number of aromatic nitrogens is 2. The predicted molar refractivity (Wildman–Crippen MR) is 102 cm³/mol. The average molecular weight is 418 g/mol. The van der Waals surface area contributed by atoms with E-state index in [0.717, 1.165) is 12.8 Å². The largest absolute Gasteiger partial charge is 0.586 e. The van der Waals surface area contributed by atoms with Crippen LogP contribution in [0.3, 0.4) is 0 Å². The third kappa shape index (κ3) is 3.40. The van der Waals surface area contributed by atoms with Crippen LogP contribution in [-0.2, 0) is 0 Å². The number of nitrogens with zero attached hydrogens (tertiary/aromatic N) is 2. The van der Waals surface area contributed by atoms with Gasteiger partial charge < -0.3 is 19.4 Å². The maximum atomic E-state index is 13.2. The molecular weight excluding hydrogens is 404 g/mol. The molecule has 1 saturated carbocycles. The minimum atomic E-state index is -3.71. The number of benzene rings is 1. The Balaban J connectivity index is 1.36. The van der Waals surface area contributed by atoms with Crippen molar-refractivity contribution in [3.8, 4) is 22.6 Å². The van der Waals surface area contributed by atoms with Crippen molar-refractivity contribution >= 4 is 23.3 Å². The number of alkyl halides is 2. The Morgan fingerprint density at radius 1 is 1.21 bits per heavy atom. The lowest BCUT2D eigenvalue weighted by molar-refractivity contribution is -0.286. The quantitative estimate of drug-likeness (QED) is 0.640. The second kappa shape index (κ2) is 6.45. The first-order valence-electron chi connectivity index (χ1n) is 8.94. The molecule has 1 aliphatic carbocycles. The molecule has 148 valence electrons. The molecule has 3 heterocycles. The summed E-state index contributed by atoms with van der Waals surface area (Å²) in [6.07, 6.45) is 1.83. The van der Waals surface area contributed by atoms with Crippen LogP contribution in [-0.4, -0.2) is 21.8 Å². The van der Waals surface area contributed by atoms with Crippen LogP contribution in [0.25, 0.3) is 11.1 Å². The Bertz CT molecular complexity index is 1110. The van der Waals surface area contributed by atoms with E-state index in [1.807, 2.05) is 16.8 Å². The number of ether oxygens (including phenoxy) is 2. The highest BCUT2D eigenvalue weighted by Crippen LogP contribution is 2.46. The van der Waals surface area contributed by atoms with Gasteiger partial charge in [-0.15, -0.1) is 8.78 Å². The fraction of sp³-hybridized carbons (Fsp3) is 0.200. The van der Waals surface area contributed by atoms with Gasteiger partial charge in [0.05, 0.1) is 5.02 Å². The molecule has 1 amide bonds. The number of amides is 1. The van der Waals surface area contributed by atoms with Crippen LogP contribution < -0.4 is 14.8 Å². The van der Waals surface area contributed by atoms with Gasteiger partial charge in [0.1, 0.15) is 11.5 Å². The van der Waals surface area contributed by atoms with Crippen molar-refractivity contribution in [3.63, 3.8) is 0 Å². The van der Waals surface area contributed by atoms with Crippen molar-refractivity contribution in [1.82, 2.24) is 9.55 Å². The minimum Gasteiger partial charge on any atom is -0.395 e. The van der Waals surface area contributed by atoms with Crippen LogP contribution >= 0.6 is 11.6 Å². The molecule has 0 saturated heterocycles. The maximum absolute atomic E-state index is 13.2. The lowest BCUT2D eigenvalue weighted by Gasteiger charge is -2.09. The lowest BCUT2D eigenvalue weighted by Crippen LogP contribution is -2.25. The van der Waals surface area contributed by atoms with E-state index in [-0.39, 0.29) is 22.4 Å². The summed E-state index contributed by atoms with van der Waals surface area (Å²) in [6, 6.07) is 9.95. The Morgan fingerprint density at radius 2 is 1.97 bits per heavy atom. The second-order valence-corrected chi connectivity index (χ2v) is 7.27. The highest BCUT2D eigenvalue weighted by Gasteiger charge is 2.43. The van der Waals surface area contributed by atoms with E-state index in [2.05, 4.69) is 19.8 Å². The number of fused-ring (bicyclic) bond motifs is 1. The summed E-state index contributed by atoms with van der Waals surface area (Å²) >= 11 is 6.20. The molecule has 1 aromatic carbocycles. The first-order valence-corrected chi connectivity index (χ1v) is 9.31. The van der Waals surface area contributed by atoms with E-state index in [0.29, 0.717) is 28.7 Å². The van der Waals surface area contributed by atoms with Crippen LogP contribution in [0.2, 0.25) is 5.02 Å². The van der Waals surface area contributed by atoms with Crippen LogP contribution in [0.15, 0.2) is 48.8 Å². The van der Waals surface area contributed by atoms with Gasteiger partial charge in [-0.3, -0.25) is 4.79 Å². The Morgan fingerprint density at radius 3 is 2.66 bits per heavy atom. The molecule has 0 spiro atoms. The summed E-state index contributed by atoms with van der Waals surface area (Å²) in [7, 11) is 0. The Labute approximate surface area is 169 Å². The van der Waals surface area contributed by atoms with Gasteiger partial charge in [0.25, 0.3) is 5.91 Å². The molecule has 0 radical (unpaired) electrons. The standard InChI is InChI=1S/C20H14ClF2N3O3/c21-14-9-17-16(28-20(22,23)29-17)8-13(14)11-3-6-18(24-10-11)25-19(27)15-2-1-7-26(15)12-4-5-12/h1-3,6-10,12H,4-5H2,(H,24,25,27).